The van der Waals surface area contributed by atoms with Crippen molar-refractivity contribution in [2.75, 3.05) is 5.32 Å². The average Bonchev–Trinajstić information content (AvgIpc) is 2.72. The smallest absolute Gasteiger partial charge is 0.266 e. The summed E-state index contributed by atoms with van der Waals surface area (Å²) < 4.78 is 6.95. The first-order valence-corrected chi connectivity index (χ1v) is 10.2. The number of nitrogens with zero attached hydrogens (tertiary/aromatic N) is 1. The molecule has 0 heterocycles. The van der Waals surface area contributed by atoms with Crippen LogP contribution in [0.1, 0.15) is 11.1 Å². The molecule has 4 nitrogen and oxygen atoms in total. The van der Waals surface area contributed by atoms with Crippen molar-refractivity contribution in [2.24, 2.45) is 0 Å². The molecule has 0 radical (unpaired) electrons. The summed E-state index contributed by atoms with van der Waals surface area (Å²) >= 11 is 8.18. The van der Waals surface area contributed by atoms with E-state index in [0.717, 1.165) is 11.1 Å². The van der Waals surface area contributed by atoms with Crippen LogP contribution in [0.25, 0.3) is 6.08 Å². The van der Waals surface area contributed by atoms with Crippen molar-refractivity contribution in [3.63, 3.8) is 0 Å². The summed E-state index contributed by atoms with van der Waals surface area (Å²) in [6.45, 7) is 0.470. The Morgan fingerprint density at radius 1 is 1.10 bits per heavy atom. The molecule has 0 spiro atoms. The second-order valence-corrected chi connectivity index (χ2v) is 7.80. The van der Waals surface area contributed by atoms with Crippen LogP contribution in [0.15, 0.2) is 78.4 Å². The Labute approximate surface area is 187 Å². The Bertz CT molecular complexity index is 1070. The molecule has 0 atom stereocenters. The predicted octanol–water partition coefficient (Wildman–Crippen LogP) is 6.07. The zero-order chi connectivity index (χ0) is 20.6. The van der Waals surface area contributed by atoms with E-state index in [1.54, 1.807) is 36.4 Å². The van der Waals surface area contributed by atoms with Gasteiger partial charge in [-0.25, -0.2) is 0 Å². The fourth-order valence-corrected chi connectivity index (χ4v) is 3.04. The molecule has 144 valence electrons. The van der Waals surface area contributed by atoms with Crippen LogP contribution >= 0.6 is 34.2 Å². The molecule has 0 unspecified atom stereocenters. The largest absolute Gasteiger partial charge is 0.489 e. The molecule has 3 aromatic rings. The normalized spacial score (nSPS) is 10.9. The van der Waals surface area contributed by atoms with Crippen molar-refractivity contribution in [2.45, 2.75) is 6.61 Å². The Hall–Kier alpha value is -2.82. The monoisotopic (exact) mass is 514 g/mol. The highest BCUT2D eigenvalue weighted by molar-refractivity contribution is 14.1. The summed E-state index contributed by atoms with van der Waals surface area (Å²) in [5.74, 6) is 0.219. The van der Waals surface area contributed by atoms with Crippen LogP contribution in [0.2, 0.25) is 5.02 Å². The van der Waals surface area contributed by atoms with Crippen LogP contribution in [0.5, 0.6) is 5.75 Å². The molecule has 6 heteroatoms. The van der Waals surface area contributed by atoms with E-state index in [1.807, 2.05) is 42.5 Å². The number of benzene rings is 3. The second kappa shape index (κ2) is 10.1. The molecule has 0 aromatic heterocycles. The molecule has 0 aliphatic heterocycles. The fraction of sp³-hybridized carbons (Fsp3) is 0.0435. The lowest BCUT2D eigenvalue weighted by Gasteiger charge is -2.07. The molecular weight excluding hydrogens is 499 g/mol. The van der Waals surface area contributed by atoms with Gasteiger partial charge in [-0.15, -0.1) is 0 Å². The van der Waals surface area contributed by atoms with Crippen LogP contribution in [0.3, 0.4) is 0 Å². The number of nitrogens with one attached hydrogen (secondary N) is 1. The SMILES string of the molecule is N#C/C(=C/c1ccc(OCc2ccc(I)cc2)cc1)C(=O)Nc1cccc(Cl)c1. The highest BCUT2D eigenvalue weighted by Gasteiger charge is 2.10. The number of halogens is 2. The van der Waals surface area contributed by atoms with Crippen molar-refractivity contribution in [1.82, 2.24) is 0 Å². The summed E-state index contributed by atoms with van der Waals surface area (Å²) in [5.41, 5.74) is 2.34. The minimum Gasteiger partial charge on any atom is -0.489 e. The number of nitriles is 1. The quantitative estimate of drug-likeness (QED) is 0.247. The Morgan fingerprint density at radius 2 is 1.83 bits per heavy atom. The van der Waals surface area contributed by atoms with Gasteiger partial charge in [0.15, 0.2) is 0 Å². The highest BCUT2D eigenvalue weighted by atomic mass is 127. The zero-order valence-electron chi connectivity index (χ0n) is 15.2. The molecule has 0 fully saturated rings. The van der Waals surface area contributed by atoms with Gasteiger partial charge < -0.3 is 10.1 Å². The number of hydrogen-bond donors (Lipinski definition) is 1. The lowest BCUT2D eigenvalue weighted by Crippen LogP contribution is -2.13. The van der Waals surface area contributed by atoms with Crippen molar-refractivity contribution >= 4 is 51.9 Å². The number of amides is 1. The average molecular weight is 515 g/mol. The molecule has 0 saturated heterocycles. The molecule has 3 aromatic carbocycles. The van der Waals surface area contributed by atoms with Crippen molar-refractivity contribution in [3.05, 3.63) is 98.1 Å². The third kappa shape index (κ3) is 6.34. The Morgan fingerprint density at radius 3 is 2.48 bits per heavy atom. The first-order valence-electron chi connectivity index (χ1n) is 8.69. The maximum Gasteiger partial charge on any atom is 0.266 e. The van der Waals surface area contributed by atoms with E-state index < -0.39 is 5.91 Å². The number of carbonyl (C=O) groups excluding carboxylic acids is 1. The first-order chi connectivity index (χ1) is 14.0. The van der Waals surface area contributed by atoms with Crippen LogP contribution in [0, 0.1) is 14.9 Å². The summed E-state index contributed by atoms with van der Waals surface area (Å²) in [6.07, 6.45) is 1.53. The lowest BCUT2D eigenvalue weighted by atomic mass is 10.1. The topological polar surface area (TPSA) is 62.1 Å². The first kappa shape index (κ1) is 20.9. The van der Waals surface area contributed by atoms with Crippen molar-refractivity contribution in [1.29, 1.82) is 5.26 Å². The Kier molecular flexibility index (Phi) is 7.28. The third-order valence-electron chi connectivity index (χ3n) is 3.96. The molecular formula is C23H16ClIN2O2. The second-order valence-electron chi connectivity index (χ2n) is 6.12. The van der Waals surface area contributed by atoms with E-state index in [4.69, 9.17) is 16.3 Å². The maximum atomic E-state index is 12.3. The zero-order valence-corrected chi connectivity index (χ0v) is 18.1. The molecule has 29 heavy (non-hydrogen) atoms. The van der Waals surface area contributed by atoms with Gasteiger partial charge in [0.1, 0.15) is 24.0 Å². The van der Waals surface area contributed by atoms with Gasteiger partial charge in [0.25, 0.3) is 5.91 Å². The van der Waals surface area contributed by atoms with Gasteiger partial charge in [-0.2, -0.15) is 5.26 Å². The van der Waals surface area contributed by atoms with Crippen molar-refractivity contribution in [3.8, 4) is 11.8 Å². The van der Waals surface area contributed by atoms with E-state index >= 15 is 0 Å². The number of carbonyl (C=O) groups is 1. The van der Waals surface area contributed by atoms with E-state index in [2.05, 4.69) is 27.9 Å². The van der Waals surface area contributed by atoms with E-state index in [-0.39, 0.29) is 5.57 Å². The lowest BCUT2D eigenvalue weighted by molar-refractivity contribution is -0.112. The van der Waals surface area contributed by atoms with Gasteiger partial charge in [-0.05, 0) is 82.3 Å². The molecule has 1 amide bonds. The molecule has 0 saturated carbocycles. The fourth-order valence-electron chi connectivity index (χ4n) is 2.49. The minimum absolute atomic E-state index is 0.00228. The van der Waals surface area contributed by atoms with Gasteiger partial charge in [0.2, 0.25) is 0 Å². The van der Waals surface area contributed by atoms with Crippen LogP contribution in [0.4, 0.5) is 5.69 Å². The number of ether oxygens (including phenoxy) is 1. The molecule has 0 aliphatic carbocycles. The van der Waals surface area contributed by atoms with Gasteiger partial charge in [-0.3, -0.25) is 4.79 Å². The number of rotatable bonds is 6. The maximum absolute atomic E-state index is 12.3. The van der Waals surface area contributed by atoms with Crippen molar-refractivity contribution < 1.29 is 9.53 Å². The van der Waals surface area contributed by atoms with Gasteiger partial charge in [-0.1, -0.05) is 41.9 Å². The highest BCUT2D eigenvalue weighted by Crippen LogP contribution is 2.18. The van der Waals surface area contributed by atoms with Gasteiger partial charge >= 0.3 is 0 Å². The van der Waals surface area contributed by atoms with E-state index in [1.165, 1.54) is 9.65 Å². The molecule has 1 N–H and O–H groups in total. The summed E-state index contributed by atoms with van der Waals surface area (Å²) in [7, 11) is 0. The van der Waals surface area contributed by atoms with E-state index in [0.29, 0.717) is 23.1 Å². The molecule has 0 bridgehead atoms. The van der Waals surface area contributed by atoms with Gasteiger partial charge in [0.05, 0.1) is 0 Å². The van der Waals surface area contributed by atoms with Gasteiger partial charge in [0, 0.05) is 14.3 Å². The minimum atomic E-state index is -0.492. The van der Waals surface area contributed by atoms with E-state index in [9.17, 15) is 10.1 Å². The summed E-state index contributed by atoms with van der Waals surface area (Å²) in [4.78, 5) is 12.3. The summed E-state index contributed by atoms with van der Waals surface area (Å²) in [5, 5.41) is 12.5. The Balaban J connectivity index is 1.64. The number of hydrogen-bond acceptors (Lipinski definition) is 3. The van der Waals surface area contributed by atoms with Crippen LogP contribution in [-0.2, 0) is 11.4 Å². The standard InChI is InChI=1S/C23H16ClIN2O2/c24-19-2-1-3-21(13-19)27-23(28)18(14-26)12-16-6-10-22(11-7-16)29-15-17-4-8-20(25)9-5-17/h1-13H,15H2,(H,27,28)/b18-12-. The molecule has 0 aliphatic rings. The van der Waals surface area contributed by atoms with Crippen LogP contribution in [-0.4, -0.2) is 5.91 Å². The predicted molar refractivity (Wildman–Crippen MR) is 124 cm³/mol. The van der Waals surface area contributed by atoms with Crippen LogP contribution < -0.4 is 10.1 Å². The number of anilines is 1. The molecule has 3 rings (SSSR count). The summed E-state index contributed by atoms with van der Waals surface area (Å²) in [6, 6.07) is 24.0. The third-order valence-corrected chi connectivity index (χ3v) is 4.91.